The lowest BCUT2D eigenvalue weighted by Crippen LogP contribution is -2.38. The second-order valence-electron chi connectivity index (χ2n) is 5.88. The second kappa shape index (κ2) is 8.36. The van der Waals surface area contributed by atoms with Crippen LogP contribution in [-0.4, -0.2) is 29.6 Å². The Kier molecular flexibility index (Phi) is 6.20. The van der Waals surface area contributed by atoms with Gasteiger partial charge in [0.05, 0.1) is 5.69 Å². The Morgan fingerprint density at radius 3 is 2.65 bits per heavy atom. The van der Waals surface area contributed by atoms with E-state index in [-0.39, 0.29) is 0 Å². The molecule has 1 heterocycles. The quantitative estimate of drug-likeness (QED) is 0.656. The minimum atomic E-state index is 0.366. The third kappa shape index (κ3) is 5.13. The lowest BCUT2D eigenvalue weighted by molar-refractivity contribution is 0.375. The van der Waals surface area contributed by atoms with Crippen LogP contribution in [0.15, 0.2) is 45.9 Å². The molecule has 0 amide bonds. The number of nitrogens with one attached hydrogen (secondary N) is 1. The zero-order valence-corrected chi connectivity index (χ0v) is 14.4. The molecule has 0 aliphatic heterocycles. The fourth-order valence-electron chi connectivity index (χ4n) is 2.23. The summed E-state index contributed by atoms with van der Waals surface area (Å²) in [4.78, 5) is 6.76. The number of hydrogen-bond donors (Lipinski definition) is 1. The van der Waals surface area contributed by atoms with E-state index in [1.54, 1.807) is 0 Å². The predicted octanol–water partition coefficient (Wildman–Crippen LogP) is 3.40. The highest BCUT2D eigenvalue weighted by Crippen LogP contribution is 2.14. The van der Waals surface area contributed by atoms with Crippen LogP contribution in [0.1, 0.15) is 43.7 Å². The van der Waals surface area contributed by atoms with Gasteiger partial charge in [0.15, 0.2) is 11.7 Å². The maximum Gasteiger partial charge on any atom is 0.194 e. The molecule has 2 aromatic rings. The molecule has 0 saturated carbocycles. The Bertz CT molecular complexity index is 619. The second-order valence-corrected chi connectivity index (χ2v) is 5.88. The highest BCUT2D eigenvalue weighted by atomic mass is 16.5. The fraction of sp³-hybridized carbons (Fsp3) is 0.444. The molecule has 0 fully saturated rings. The number of benzene rings is 1. The number of nitrogens with zero attached hydrogens (tertiary/aromatic N) is 3. The molecule has 0 bridgehead atoms. The van der Waals surface area contributed by atoms with Gasteiger partial charge in [-0.25, -0.2) is 4.99 Å². The van der Waals surface area contributed by atoms with Crippen LogP contribution in [0.25, 0.3) is 0 Å². The molecule has 1 N–H and O–H groups in total. The molecule has 0 saturated heterocycles. The van der Waals surface area contributed by atoms with Crippen molar-refractivity contribution in [1.82, 2.24) is 15.4 Å². The average molecular weight is 314 g/mol. The highest BCUT2D eigenvalue weighted by Gasteiger charge is 2.09. The fourth-order valence-corrected chi connectivity index (χ4v) is 2.23. The maximum atomic E-state index is 5.35. The standard InChI is InChI=1S/C18H26N4O/c1-5-19-18(22(4)13-15-9-7-6-8-10-15)20-12-16-11-17(14(2)3)21-23-16/h6-11,14H,5,12-13H2,1-4H3,(H,19,20). The molecule has 2 rings (SSSR count). The Labute approximate surface area is 138 Å². The molecule has 5 nitrogen and oxygen atoms in total. The summed E-state index contributed by atoms with van der Waals surface area (Å²) in [5.41, 5.74) is 2.22. The van der Waals surface area contributed by atoms with Gasteiger partial charge in [0.1, 0.15) is 6.54 Å². The Morgan fingerprint density at radius 2 is 2.04 bits per heavy atom. The van der Waals surface area contributed by atoms with Crippen molar-refractivity contribution in [3.63, 3.8) is 0 Å². The molecule has 0 spiro atoms. The van der Waals surface area contributed by atoms with E-state index in [1.165, 1.54) is 5.56 Å². The maximum absolute atomic E-state index is 5.35. The minimum Gasteiger partial charge on any atom is -0.359 e. The lowest BCUT2D eigenvalue weighted by Gasteiger charge is -2.22. The Morgan fingerprint density at radius 1 is 1.30 bits per heavy atom. The monoisotopic (exact) mass is 314 g/mol. The summed E-state index contributed by atoms with van der Waals surface area (Å²) in [5, 5.41) is 7.39. The lowest BCUT2D eigenvalue weighted by atomic mass is 10.1. The first kappa shape index (κ1) is 17.1. The van der Waals surface area contributed by atoms with Crippen molar-refractivity contribution in [3.8, 4) is 0 Å². The van der Waals surface area contributed by atoms with Crippen molar-refractivity contribution in [2.75, 3.05) is 13.6 Å². The summed E-state index contributed by atoms with van der Waals surface area (Å²) < 4.78 is 5.35. The van der Waals surface area contributed by atoms with Crippen molar-refractivity contribution < 1.29 is 4.52 Å². The van der Waals surface area contributed by atoms with E-state index < -0.39 is 0 Å². The summed E-state index contributed by atoms with van der Waals surface area (Å²) in [6, 6.07) is 12.3. The van der Waals surface area contributed by atoms with Gasteiger partial charge in [-0.1, -0.05) is 49.3 Å². The van der Waals surface area contributed by atoms with Gasteiger partial charge in [-0.05, 0) is 18.4 Å². The largest absolute Gasteiger partial charge is 0.359 e. The van der Waals surface area contributed by atoms with Gasteiger partial charge in [0.25, 0.3) is 0 Å². The van der Waals surface area contributed by atoms with Crippen molar-refractivity contribution in [3.05, 3.63) is 53.4 Å². The van der Waals surface area contributed by atoms with E-state index in [1.807, 2.05) is 19.2 Å². The molecule has 0 atom stereocenters. The Balaban J connectivity index is 2.03. The van der Waals surface area contributed by atoms with E-state index >= 15 is 0 Å². The van der Waals surface area contributed by atoms with Crippen molar-refractivity contribution in [2.45, 2.75) is 39.8 Å². The molecule has 124 valence electrons. The van der Waals surface area contributed by atoms with E-state index in [4.69, 9.17) is 4.52 Å². The van der Waals surface area contributed by atoms with Crippen LogP contribution in [0.3, 0.4) is 0 Å². The van der Waals surface area contributed by atoms with Gasteiger partial charge in [0, 0.05) is 26.2 Å². The number of aliphatic imine (C=N–C) groups is 1. The predicted molar refractivity (Wildman–Crippen MR) is 93.3 cm³/mol. The number of hydrogen-bond acceptors (Lipinski definition) is 3. The van der Waals surface area contributed by atoms with Crippen molar-refractivity contribution in [2.24, 2.45) is 4.99 Å². The zero-order chi connectivity index (χ0) is 16.7. The van der Waals surface area contributed by atoms with Crippen LogP contribution in [0.2, 0.25) is 0 Å². The smallest absolute Gasteiger partial charge is 0.194 e. The van der Waals surface area contributed by atoms with Crippen LogP contribution in [0.5, 0.6) is 0 Å². The van der Waals surface area contributed by atoms with Crippen molar-refractivity contribution >= 4 is 5.96 Å². The number of rotatable bonds is 6. The highest BCUT2D eigenvalue weighted by molar-refractivity contribution is 5.79. The van der Waals surface area contributed by atoms with E-state index in [0.29, 0.717) is 12.5 Å². The molecule has 0 unspecified atom stereocenters. The van der Waals surface area contributed by atoms with E-state index in [2.05, 4.69) is 65.4 Å². The molecule has 1 aromatic carbocycles. The van der Waals surface area contributed by atoms with Gasteiger partial charge < -0.3 is 14.7 Å². The first-order chi connectivity index (χ1) is 11.1. The van der Waals surface area contributed by atoms with Crippen LogP contribution < -0.4 is 5.32 Å². The zero-order valence-electron chi connectivity index (χ0n) is 14.4. The summed E-state index contributed by atoms with van der Waals surface area (Å²) >= 11 is 0. The van der Waals surface area contributed by atoms with E-state index in [9.17, 15) is 0 Å². The van der Waals surface area contributed by atoms with Gasteiger partial charge in [-0.15, -0.1) is 0 Å². The molecule has 0 radical (unpaired) electrons. The van der Waals surface area contributed by atoms with Crippen LogP contribution in [0.4, 0.5) is 0 Å². The van der Waals surface area contributed by atoms with Gasteiger partial charge in [-0.2, -0.15) is 0 Å². The van der Waals surface area contributed by atoms with Crippen molar-refractivity contribution in [1.29, 1.82) is 0 Å². The summed E-state index contributed by atoms with van der Waals surface area (Å²) in [5.74, 6) is 2.02. The SMILES string of the molecule is CCNC(=NCc1cc(C(C)C)no1)N(C)Cc1ccccc1. The number of guanidine groups is 1. The van der Waals surface area contributed by atoms with E-state index in [0.717, 1.165) is 30.5 Å². The molecular formula is C18H26N4O. The Hall–Kier alpha value is -2.30. The van der Waals surface area contributed by atoms with Gasteiger partial charge >= 0.3 is 0 Å². The number of aromatic nitrogens is 1. The summed E-state index contributed by atoms with van der Waals surface area (Å²) in [7, 11) is 2.04. The van der Waals surface area contributed by atoms with Crippen LogP contribution in [0, 0.1) is 0 Å². The molecule has 0 aliphatic rings. The first-order valence-electron chi connectivity index (χ1n) is 8.09. The van der Waals surface area contributed by atoms with Crippen LogP contribution >= 0.6 is 0 Å². The summed E-state index contributed by atoms with van der Waals surface area (Å²) in [6.07, 6.45) is 0. The van der Waals surface area contributed by atoms with Crippen LogP contribution in [-0.2, 0) is 13.1 Å². The minimum absolute atomic E-state index is 0.366. The molecular weight excluding hydrogens is 288 g/mol. The summed E-state index contributed by atoms with van der Waals surface area (Å²) in [6.45, 7) is 8.38. The molecule has 1 aromatic heterocycles. The molecule has 0 aliphatic carbocycles. The first-order valence-corrected chi connectivity index (χ1v) is 8.09. The topological polar surface area (TPSA) is 53.7 Å². The molecule has 23 heavy (non-hydrogen) atoms. The molecule has 5 heteroatoms. The third-order valence-corrected chi connectivity index (χ3v) is 3.51. The average Bonchev–Trinajstić information content (AvgIpc) is 3.01. The third-order valence-electron chi connectivity index (χ3n) is 3.51. The normalized spacial score (nSPS) is 11.8. The van der Waals surface area contributed by atoms with Gasteiger partial charge in [-0.3, -0.25) is 0 Å². The van der Waals surface area contributed by atoms with Gasteiger partial charge in [0.2, 0.25) is 0 Å².